The molecule has 0 bridgehead atoms. The monoisotopic (exact) mass is 342 g/mol. The fourth-order valence-corrected chi connectivity index (χ4v) is 2.78. The van der Waals surface area contributed by atoms with Crippen LogP contribution in [0.2, 0.25) is 0 Å². The van der Waals surface area contributed by atoms with Crippen LogP contribution >= 0.6 is 0 Å². The van der Waals surface area contributed by atoms with Crippen molar-refractivity contribution in [3.8, 4) is 0 Å². The summed E-state index contributed by atoms with van der Waals surface area (Å²) in [6.07, 6.45) is -5.26. The normalized spacial score (nSPS) is 13.4. The fourth-order valence-electron chi connectivity index (χ4n) is 2.78. The zero-order valence-corrected chi connectivity index (χ0v) is 14.4. The molecule has 1 unspecified atom stereocenters. The summed E-state index contributed by atoms with van der Waals surface area (Å²) in [5, 5.41) is 0. The predicted octanol–water partition coefficient (Wildman–Crippen LogP) is 4.71. The van der Waals surface area contributed by atoms with Crippen LogP contribution in [0.3, 0.4) is 0 Å². The molecule has 0 aliphatic rings. The SMILES string of the molecule is C=C(C(CN(CC)C(N)=O)c1ccccc1)C(C)(C)CC(F)(F)F. The molecule has 6 heteroatoms. The van der Waals surface area contributed by atoms with Crippen LogP contribution in [0, 0.1) is 5.41 Å². The number of likely N-dealkylation sites (N-methyl/N-ethyl adjacent to an activating group) is 1. The lowest BCUT2D eigenvalue weighted by molar-refractivity contribution is -0.150. The maximum absolute atomic E-state index is 12.9. The van der Waals surface area contributed by atoms with Crippen LogP contribution in [-0.4, -0.2) is 30.2 Å². The van der Waals surface area contributed by atoms with Gasteiger partial charge in [0.2, 0.25) is 0 Å². The molecule has 1 aromatic carbocycles. The van der Waals surface area contributed by atoms with Crippen molar-refractivity contribution in [3.63, 3.8) is 0 Å². The molecule has 0 fully saturated rings. The molecule has 0 aliphatic heterocycles. The summed E-state index contributed by atoms with van der Waals surface area (Å²) < 4.78 is 38.7. The van der Waals surface area contributed by atoms with Gasteiger partial charge in [-0.05, 0) is 17.9 Å². The predicted molar refractivity (Wildman–Crippen MR) is 89.6 cm³/mol. The minimum Gasteiger partial charge on any atom is -0.351 e. The van der Waals surface area contributed by atoms with E-state index in [9.17, 15) is 18.0 Å². The minimum atomic E-state index is -4.29. The van der Waals surface area contributed by atoms with Crippen LogP contribution in [0.15, 0.2) is 42.5 Å². The van der Waals surface area contributed by atoms with Crippen molar-refractivity contribution in [2.75, 3.05) is 13.1 Å². The Morgan fingerprint density at radius 1 is 1.25 bits per heavy atom. The summed E-state index contributed by atoms with van der Waals surface area (Å²) in [5.74, 6) is -0.420. The molecule has 1 atom stereocenters. The Balaban J connectivity index is 3.17. The third kappa shape index (κ3) is 5.58. The average Bonchev–Trinajstić information content (AvgIpc) is 2.46. The van der Waals surface area contributed by atoms with Gasteiger partial charge >= 0.3 is 12.2 Å². The standard InChI is InChI=1S/C18H25F3N2O/c1-5-23(16(22)24)11-15(14-9-7-6-8-10-14)13(2)17(3,4)12-18(19,20)21/h6-10,15H,2,5,11-12H2,1,3-4H3,(H2,22,24). The second kappa shape index (κ2) is 7.73. The highest BCUT2D eigenvalue weighted by atomic mass is 19.4. The molecule has 2 amide bonds. The number of benzene rings is 1. The summed E-state index contributed by atoms with van der Waals surface area (Å²) in [5.41, 5.74) is 5.46. The third-order valence-electron chi connectivity index (χ3n) is 4.23. The summed E-state index contributed by atoms with van der Waals surface area (Å²) in [4.78, 5) is 12.9. The number of carbonyl (C=O) groups is 1. The van der Waals surface area contributed by atoms with Crippen LogP contribution < -0.4 is 5.73 Å². The molecule has 0 heterocycles. The molecular weight excluding hydrogens is 317 g/mol. The van der Waals surface area contributed by atoms with E-state index >= 15 is 0 Å². The number of hydrogen-bond acceptors (Lipinski definition) is 1. The zero-order valence-electron chi connectivity index (χ0n) is 14.4. The van der Waals surface area contributed by atoms with Crippen LogP contribution in [0.5, 0.6) is 0 Å². The Bertz CT molecular complexity index is 567. The van der Waals surface area contributed by atoms with Gasteiger partial charge < -0.3 is 10.6 Å². The van der Waals surface area contributed by atoms with Crippen molar-refractivity contribution in [1.82, 2.24) is 4.90 Å². The maximum Gasteiger partial charge on any atom is 0.389 e. The van der Waals surface area contributed by atoms with E-state index in [1.165, 1.54) is 18.7 Å². The van der Waals surface area contributed by atoms with Gasteiger partial charge in [-0.3, -0.25) is 0 Å². The first-order valence-corrected chi connectivity index (χ1v) is 7.83. The largest absolute Gasteiger partial charge is 0.389 e. The molecule has 0 radical (unpaired) electrons. The Kier molecular flexibility index (Phi) is 6.46. The Labute approximate surface area is 141 Å². The van der Waals surface area contributed by atoms with E-state index in [2.05, 4.69) is 6.58 Å². The van der Waals surface area contributed by atoms with Crippen LogP contribution in [0.25, 0.3) is 0 Å². The van der Waals surface area contributed by atoms with E-state index in [-0.39, 0.29) is 6.54 Å². The maximum atomic E-state index is 12.9. The van der Waals surface area contributed by atoms with Gasteiger partial charge in [-0.25, -0.2) is 4.79 Å². The lowest BCUT2D eigenvalue weighted by Gasteiger charge is -2.36. The summed E-state index contributed by atoms with van der Waals surface area (Å²) in [7, 11) is 0. The number of urea groups is 1. The molecule has 0 saturated carbocycles. The van der Waals surface area contributed by atoms with Gasteiger partial charge in [-0.2, -0.15) is 13.2 Å². The highest BCUT2D eigenvalue weighted by Gasteiger charge is 2.40. The average molecular weight is 342 g/mol. The number of halogens is 3. The molecule has 1 rings (SSSR count). The van der Waals surface area contributed by atoms with Crippen molar-refractivity contribution in [2.24, 2.45) is 11.1 Å². The number of alkyl halides is 3. The van der Waals surface area contributed by atoms with E-state index in [0.717, 1.165) is 5.56 Å². The van der Waals surface area contributed by atoms with Crippen LogP contribution in [-0.2, 0) is 0 Å². The topological polar surface area (TPSA) is 46.3 Å². The molecule has 24 heavy (non-hydrogen) atoms. The Morgan fingerprint density at radius 2 is 1.79 bits per heavy atom. The first-order chi connectivity index (χ1) is 11.0. The first kappa shape index (κ1) is 20.1. The van der Waals surface area contributed by atoms with Gasteiger partial charge in [-0.1, -0.05) is 56.3 Å². The zero-order chi connectivity index (χ0) is 18.5. The number of nitrogens with two attached hydrogens (primary N) is 1. The van der Waals surface area contributed by atoms with Crippen molar-refractivity contribution in [3.05, 3.63) is 48.0 Å². The summed E-state index contributed by atoms with van der Waals surface area (Å²) in [6.45, 7) is 9.37. The van der Waals surface area contributed by atoms with E-state index in [1.807, 2.05) is 30.3 Å². The van der Waals surface area contributed by atoms with Gasteiger partial charge in [0.05, 0.1) is 6.42 Å². The molecule has 3 nitrogen and oxygen atoms in total. The van der Waals surface area contributed by atoms with Crippen molar-refractivity contribution >= 4 is 6.03 Å². The third-order valence-corrected chi connectivity index (χ3v) is 4.23. The van der Waals surface area contributed by atoms with Crippen molar-refractivity contribution in [2.45, 2.75) is 39.3 Å². The second-order valence-electron chi connectivity index (χ2n) is 6.54. The number of primary amides is 1. The van der Waals surface area contributed by atoms with E-state index in [0.29, 0.717) is 12.1 Å². The van der Waals surface area contributed by atoms with Crippen molar-refractivity contribution < 1.29 is 18.0 Å². The quantitative estimate of drug-likeness (QED) is 0.717. The van der Waals surface area contributed by atoms with Crippen LogP contribution in [0.4, 0.5) is 18.0 Å². The van der Waals surface area contributed by atoms with E-state index < -0.39 is 30.0 Å². The number of carbonyl (C=O) groups excluding carboxylic acids is 1. The molecule has 134 valence electrons. The van der Waals surface area contributed by atoms with Gasteiger partial charge in [-0.15, -0.1) is 0 Å². The highest BCUT2D eigenvalue weighted by Crippen LogP contribution is 2.43. The Morgan fingerprint density at radius 3 is 2.21 bits per heavy atom. The van der Waals surface area contributed by atoms with Gasteiger partial charge in [0.15, 0.2) is 0 Å². The summed E-state index contributed by atoms with van der Waals surface area (Å²) in [6, 6.07) is 8.51. The number of hydrogen-bond donors (Lipinski definition) is 1. The Hall–Kier alpha value is -1.98. The smallest absolute Gasteiger partial charge is 0.351 e. The number of rotatable bonds is 7. The highest BCUT2D eigenvalue weighted by molar-refractivity contribution is 5.72. The van der Waals surface area contributed by atoms with Gasteiger partial charge in [0.1, 0.15) is 0 Å². The summed E-state index contributed by atoms with van der Waals surface area (Å²) >= 11 is 0. The molecule has 0 aliphatic carbocycles. The second-order valence-corrected chi connectivity index (χ2v) is 6.54. The molecule has 0 aromatic heterocycles. The first-order valence-electron chi connectivity index (χ1n) is 7.83. The molecule has 0 saturated heterocycles. The molecule has 0 spiro atoms. The van der Waals surface area contributed by atoms with Crippen molar-refractivity contribution in [1.29, 1.82) is 0 Å². The molecular formula is C18H25F3N2O. The molecule has 2 N–H and O–H groups in total. The lowest BCUT2D eigenvalue weighted by atomic mass is 9.73. The van der Waals surface area contributed by atoms with Gasteiger partial charge in [0.25, 0.3) is 0 Å². The number of nitrogens with zero attached hydrogens (tertiary/aromatic N) is 1. The number of amides is 2. The minimum absolute atomic E-state index is 0.204. The van der Waals surface area contributed by atoms with E-state index in [1.54, 1.807) is 6.92 Å². The molecule has 1 aromatic rings. The lowest BCUT2D eigenvalue weighted by Crippen LogP contribution is -2.40. The van der Waals surface area contributed by atoms with Gasteiger partial charge in [0, 0.05) is 19.0 Å². The van der Waals surface area contributed by atoms with E-state index in [4.69, 9.17) is 5.73 Å². The fraction of sp³-hybridized carbons (Fsp3) is 0.500. The van der Waals surface area contributed by atoms with Crippen LogP contribution in [0.1, 0.15) is 38.7 Å².